The van der Waals surface area contributed by atoms with E-state index < -0.39 is 5.97 Å². The number of hydrogen-bond donors (Lipinski definition) is 2. The van der Waals surface area contributed by atoms with Gasteiger partial charge in [-0.2, -0.15) is 0 Å². The van der Waals surface area contributed by atoms with Crippen molar-refractivity contribution in [2.45, 2.75) is 64.2 Å². The van der Waals surface area contributed by atoms with Crippen molar-refractivity contribution in [1.29, 1.82) is 0 Å². The number of aryl methyl sites for hydroxylation is 1. The summed E-state index contributed by atoms with van der Waals surface area (Å²) in [4.78, 5) is 11.0. The molecule has 0 radical (unpaired) electrons. The molecule has 1 aliphatic rings. The minimum atomic E-state index is -0.911. The highest BCUT2D eigenvalue weighted by atomic mass is 16.4. The summed E-state index contributed by atoms with van der Waals surface area (Å²) in [6, 6.07) is 11.6. The van der Waals surface area contributed by atoms with Gasteiger partial charge in [-0.1, -0.05) is 64.1 Å². The minimum absolute atomic E-state index is 0.145. The molecule has 29 heavy (non-hydrogen) atoms. The first-order valence-electron chi connectivity index (χ1n) is 10.4. The number of carbonyl (C=O) groups is 1. The predicted molar refractivity (Wildman–Crippen MR) is 119 cm³/mol. The molecular weight excluding hydrogens is 360 g/mol. The van der Waals surface area contributed by atoms with Crippen molar-refractivity contribution in [3.63, 3.8) is 0 Å². The Morgan fingerprint density at radius 1 is 0.966 bits per heavy atom. The summed E-state index contributed by atoms with van der Waals surface area (Å²) in [5.41, 5.74) is 6.88. The summed E-state index contributed by atoms with van der Waals surface area (Å²) < 4.78 is 0. The second-order valence-electron chi connectivity index (χ2n) is 9.45. The summed E-state index contributed by atoms with van der Waals surface area (Å²) in [6.07, 6.45) is 8.10. The smallest absolute Gasteiger partial charge is 0.335 e. The number of hydrogen-bond acceptors (Lipinski definition) is 2. The molecule has 0 aromatic heterocycles. The quantitative estimate of drug-likeness (QED) is 0.608. The van der Waals surface area contributed by atoms with Crippen LogP contribution in [0.1, 0.15) is 85.1 Å². The maximum Gasteiger partial charge on any atom is 0.335 e. The van der Waals surface area contributed by atoms with E-state index in [9.17, 15) is 9.90 Å². The number of benzene rings is 2. The Kier molecular flexibility index (Phi) is 6.00. The van der Waals surface area contributed by atoms with Crippen LogP contribution in [0.3, 0.4) is 0 Å². The molecule has 0 spiro atoms. The minimum Gasteiger partial charge on any atom is -0.478 e. The molecule has 0 atom stereocenters. The molecule has 0 heterocycles. The third kappa shape index (κ3) is 4.62. The highest BCUT2D eigenvalue weighted by molar-refractivity contribution is 5.88. The zero-order valence-electron chi connectivity index (χ0n) is 18.0. The molecule has 0 aliphatic heterocycles. The van der Waals surface area contributed by atoms with Gasteiger partial charge < -0.3 is 10.2 Å². The lowest BCUT2D eigenvalue weighted by Gasteiger charge is -2.42. The predicted octanol–water partition coefficient (Wildman–Crippen LogP) is 5.83. The summed E-state index contributed by atoms with van der Waals surface area (Å²) in [5, 5.41) is 18.4. The first-order chi connectivity index (χ1) is 13.6. The second-order valence-corrected chi connectivity index (χ2v) is 9.45. The average Bonchev–Trinajstić information content (AvgIpc) is 2.68. The van der Waals surface area contributed by atoms with Gasteiger partial charge in [-0.25, -0.2) is 4.79 Å². The van der Waals surface area contributed by atoms with Gasteiger partial charge in [0.2, 0.25) is 0 Å². The van der Waals surface area contributed by atoms with Gasteiger partial charge in [-0.15, -0.1) is 0 Å². The average molecular weight is 393 g/mol. The number of aromatic carboxylic acids is 1. The van der Waals surface area contributed by atoms with Crippen LogP contribution >= 0.6 is 0 Å². The number of aliphatic hydroxyl groups excluding tert-OH is 1. The van der Waals surface area contributed by atoms with Crippen LogP contribution in [-0.2, 0) is 17.3 Å². The first-order valence-corrected chi connectivity index (χ1v) is 10.4. The van der Waals surface area contributed by atoms with Gasteiger partial charge in [0, 0.05) is 6.61 Å². The molecule has 3 heteroatoms. The monoisotopic (exact) mass is 392 g/mol. The van der Waals surface area contributed by atoms with Crippen molar-refractivity contribution < 1.29 is 15.0 Å². The van der Waals surface area contributed by atoms with Crippen LogP contribution in [0.5, 0.6) is 0 Å². The van der Waals surface area contributed by atoms with E-state index in [2.05, 4.69) is 45.9 Å². The van der Waals surface area contributed by atoms with Crippen molar-refractivity contribution in [3.05, 3.63) is 69.8 Å². The largest absolute Gasteiger partial charge is 0.478 e. The van der Waals surface area contributed by atoms with Crippen molar-refractivity contribution in [2.75, 3.05) is 6.61 Å². The molecule has 0 fully saturated rings. The summed E-state index contributed by atoms with van der Waals surface area (Å²) in [5.74, 6) is -0.911. The molecule has 2 N–H and O–H groups in total. The lowest BCUT2D eigenvalue weighted by Crippen LogP contribution is -2.34. The van der Waals surface area contributed by atoms with Gasteiger partial charge in [-0.05, 0) is 76.5 Å². The van der Waals surface area contributed by atoms with Gasteiger partial charge >= 0.3 is 5.97 Å². The molecular formula is C26H32O3. The van der Waals surface area contributed by atoms with E-state index in [1.54, 1.807) is 12.1 Å². The molecule has 0 bridgehead atoms. The summed E-state index contributed by atoms with van der Waals surface area (Å²) in [6.45, 7) is 9.50. The number of carboxylic acids is 1. The maximum atomic E-state index is 11.0. The van der Waals surface area contributed by atoms with Crippen LogP contribution in [0, 0.1) is 0 Å². The molecule has 2 aromatic carbocycles. The standard InChI is InChI=1S/C26H32O3/c1-25(2)13-14-26(3,4)23-17-21(20(6-5-15-27)16-22(23)25)12-9-18-7-10-19(11-8-18)24(28)29/h7-12,16-17,27H,5-6,13-15H2,1-4H3,(H,28,29). The van der Waals surface area contributed by atoms with Crippen LogP contribution in [0.25, 0.3) is 12.2 Å². The number of carboxylic acid groups (broad SMARTS) is 1. The third-order valence-corrected chi connectivity index (χ3v) is 6.33. The zero-order chi connectivity index (χ0) is 21.2. The van der Waals surface area contributed by atoms with E-state index in [-0.39, 0.29) is 17.4 Å². The molecule has 2 aromatic rings. The third-order valence-electron chi connectivity index (χ3n) is 6.33. The highest BCUT2D eigenvalue weighted by Crippen LogP contribution is 2.46. The molecule has 0 amide bonds. The van der Waals surface area contributed by atoms with Gasteiger partial charge in [0.05, 0.1) is 5.56 Å². The maximum absolute atomic E-state index is 11.0. The van der Waals surface area contributed by atoms with Crippen molar-refractivity contribution in [1.82, 2.24) is 0 Å². The van der Waals surface area contributed by atoms with E-state index in [1.165, 1.54) is 35.1 Å². The Morgan fingerprint density at radius 2 is 1.55 bits per heavy atom. The molecule has 3 rings (SSSR count). The lowest BCUT2D eigenvalue weighted by atomic mass is 9.62. The van der Waals surface area contributed by atoms with Crippen molar-refractivity contribution >= 4 is 18.1 Å². The van der Waals surface area contributed by atoms with E-state index in [1.807, 2.05) is 18.2 Å². The van der Waals surface area contributed by atoms with Crippen LogP contribution in [0.4, 0.5) is 0 Å². The van der Waals surface area contributed by atoms with Crippen LogP contribution in [0.2, 0.25) is 0 Å². The Labute approximate surface area is 174 Å². The Balaban J connectivity index is 2.03. The van der Waals surface area contributed by atoms with Crippen molar-refractivity contribution in [2.24, 2.45) is 0 Å². The van der Waals surface area contributed by atoms with Gasteiger partial charge in [0.1, 0.15) is 0 Å². The zero-order valence-corrected chi connectivity index (χ0v) is 18.0. The molecule has 154 valence electrons. The van der Waals surface area contributed by atoms with E-state index in [0.717, 1.165) is 18.4 Å². The Bertz CT molecular complexity index is 918. The summed E-state index contributed by atoms with van der Waals surface area (Å²) >= 11 is 0. The normalized spacial score (nSPS) is 17.3. The molecule has 0 unspecified atom stereocenters. The van der Waals surface area contributed by atoms with Crippen LogP contribution < -0.4 is 0 Å². The fraction of sp³-hybridized carbons (Fsp3) is 0.423. The lowest BCUT2D eigenvalue weighted by molar-refractivity contribution is 0.0697. The highest BCUT2D eigenvalue weighted by Gasteiger charge is 2.37. The fourth-order valence-corrected chi connectivity index (χ4v) is 4.24. The van der Waals surface area contributed by atoms with Crippen LogP contribution in [0.15, 0.2) is 36.4 Å². The first kappa shape index (κ1) is 21.3. The van der Waals surface area contributed by atoms with Gasteiger partial charge in [-0.3, -0.25) is 0 Å². The Hall–Kier alpha value is -2.39. The number of rotatable bonds is 6. The van der Waals surface area contributed by atoms with E-state index in [0.29, 0.717) is 5.56 Å². The molecule has 0 saturated carbocycles. The summed E-state index contributed by atoms with van der Waals surface area (Å²) in [7, 11) is 0. The van der Waals surface area contributed by atoms with E-state index >= 15 is 0 Å². The fourth-order valence-electron chi connectivity index (χ4n) is 4.24. The number of aliphatic hydroxyl groups is 1. The van der Waals surface area contributed by atoms with Gasteiger partial charge in [0.15, 0.2) is 0 Å². The SMILES string of the molecule is CC1(C)CCC(C)(C)c2cc(CCCO)c(C=Cc3ccc(C(=O)O)cc3)cc21. The molecule has 3 nitrogen and oxygen atoms in total. The molecule has 0 saturated heterocycles. The van der Waals surface area contributed by atoms with Crippen LogP contribution in [-0.4, -0.2) is 22.8 Å². The number of fused-ring (bicyclic) bond motifs is 1. The Morgan fingerprint density at radius 3 is 2.10 bits per heavy atom. The molecule has 1 aliphatic carbocycles. The second kappa shape index (κ2) is 8.16. The van der Waals surface area contributed by atoms with Crippen molar-refractivity contribution in [3.8, 4) is 0 Å². The van der Waals surface area contributed by atoms with Gasteiger partial charge in [0.25, 0.3) is 0 Å². The van der Waals surface area contributed by atoms with E-state index in [4.69, 9.17) is 5.11 Å². The topological polar surface area (TPSA) is 57.5 Å².